The maximum atomic E-state index is 11.7. The van der Waals surface area contributed by atoms with Crippen LogP contribution in [0.4, 0.5) is 0 Å². The average molecular weight is 299 g/mol. The lowest BCUT2D eigenvalue weighted by atomic mass is 9.93. The van der Waals surface area contributed by atoms with Crippen molar-refractivity contribution in [2.75, 3.05) is 13.7 Å². The first-order valence-corrected chi connectivity index (χ1v) is 7.42. The van der Waals surface area contributed by atoms with Crippen molar-refractivity contribution in [3.05, 3.63) is 17.4 Å². The summed E-state index contributed by atoms with van der Waals surface area (Å²) in [7, 11) is 1.34. The summed E-state index contributed by atoms with van der Waals surface area (Å²) < 4.78 is 10.1. The van der Waals surface area contributed by atoms with E-state index in [1.807, 2.05) is 0 Å². The maximum Gasteiger partial charge on any atom is 0.330 e. The highest BCUT2D eigenvalue weighted by Crippen LogP contribution is 2.23. The van der Waals surface area contributed by atoms with Crippen LogP contribution in [0.1, 0.15) is 46.0 Å². The molecule has 120 valence electrons. The van der Waals surface area contributed by atoms with Gasteiger partial charge in [-0.15, -0.1) is 0 Å². The lowest BCUT2D eigenvalue weighted by Crippen LogP contribution is -2.37. The molecule has 1 aliphatic rings. The Morgan fingerprint density at radius 2 is 2.33 bits per heavy atom. The summed E-state index contributed by atoms with van der Waals surface area (Å²) in [5.74, 6) is -0.265. The van der Waals surface area contributed by atoms with E-state index in [2.05, 4.69) is 11.7 Å². The molecule has 6 heteroatoms. The van der Waals surface area contributed by atoms with Gasteiger partial charge in [0.1, 0.15) is 0 Å². The van der Waals surface area contributed by atoms with E-state index >= 15 is 0 Å². The van der Waals surface area contributed by atoms with Crippen molar-refractivity contribution < 1.29 is 24.0 Å². The summed E-state index contributed by atoms with van der Waals surface area (Å²) in [4.78, 5) is 16.7. The third kappa shape index (κ3) is 6.16. The predicted molar refractivity (Wildman–Crippen MR) is 78.5 cm³/mol. The monoisotopic (exact) mass is 299 g/mol. The van der Waals surface area contributed by atoms with Crippen LogP contribution in [0.25, 0.3) is 0 Å². The second-order valence-corrected chi connectivity index (χ2v) is 5.09. The number of hydrogen-bond acceptors (Lipinski definition) is 5. The molecule has 0 bridgehead atoms. The quantitative estimate of drug-likeness (QED) is 0.298. The maximum absolute atomic E-state index is 11.7. The standard InChI is InChI=1S/C15H25NO5/c1-4-5-10-20-15-11-13(12(2)16(18)21-15)8-6-7-9-14(17)19-3/h7,9,13,15H,4-6,8,10-11H2,1-3H3/b9-7+. The molecule has 1 rings (SSSR count). The van der Waals surface area contributed by atoms with Crippen LogP contribution < -0.4 is 0 Å². The van der Waals surface area contributed by atoms with Crippen molar-refractivity contribution in [1.82, 2.24) is 0 Å². The topological polar surface area (TPSA) is 70.8 Å². The number of unbranched alkanes of at least 4 members (excludes halogenated alkanes) is 1. The Bertz CT molecular complexity index is 392. The van der Waals surface area contributed by atoms with Gasteiger partial charge in [0.05, 0.1) is 7.11 Å². The predicted octanol–water partition coefficient (Wildman–Crippen LogP) is 2.56. The van der Waals surface area contributed by atoms with Crippen molar-refractivity contribution >= 4 is 11.7 Å². The third-order valence-electron chi connectivity index (χ3n) is 3.51. The Morgan fingerprint density at radius 3 is 3.00 bits per heavy atom. The number of ether oxygens (including phenoxy) is 2. The zero-order valence-electron chi connectivity index (χ0n) is 13.0. The van der Waals surface area contributed by atoms with Gasteiger partial charge in [-0.1, -0.05) is 19.4 Å². The summed E-state index contributed by atoms with van der Waals surface area (Å²) in [6, 6.07) is 0. The first kappa shape index (κ1) is 17.5. The van der Waals surface area contributed by atoms with E-state index in [9.17, 15) is 10.0 Å². The fraction of sp³-hybridized carbons (Fsp3) is 0.733. The average Bonchev–Trinajstić information content (AvgIpc) is 2.48. The van der Waals surface area contributed by atoms with Crippen LogP contribution in [0.3, 0.4) is 0 Å². The SMILES string of the molecule is CCCCOC1CC(CC/C=C/C(=O)OC)C(C)=[N+]([O-])O1. The highest BCUT2D eigenvalue weighted by molar-refractivity contribution is 5.81. The molecular weight excluding hydrogens is 274 g/mol. The van der Waals surface area contributed by atoms with Crippen LogP contribution in [0.2, 0.25) is 0 Å². The largest absolute Gasteiger partial charge is 0.466 e. The zero-order valence-corrected chi connectivity index (χ0v) is 13.0. The molecule has 0 aromatic heterocycles. The first-order chi connectivity index (χ1) is 10.1. The third-order valence-corrected chi connectivity index (χ3v) is 3.51. The normalized spacial score (nSPS) is 22.4. The molecule has 0 aromatic carbocycles. The molecule has 0 aromatic rings. The second-order valence-electron chi connectivity index (χ2n) is 5.09. The molecule has 1 heterocycles. The number of hydrogen-bond donors (Lipinski definition) is 0. The molecule has 0 saturated heterocycles. The number of esters is 1. The molecular formula is C15H25NO5. The molecule has 0 radical (unpaired) electrons. The van der Waals surface area contributed by atoms with Gasteiger partial charge >= 0.3 is 5.97 Å². The van der Waals surface area contributed by atoms with Gasteiger partial charge in [0.2, 0.25) is 5.71 Å². The first-order valence-electron chi connectivity index (χ1n) is 7.42. The summed E-state index contributed by atoms with van der Waals surface area (Å²) in [5.41, 5.74) is 0.650. The molecule has 0 spiro atoms. The van der Waals surface area contributed by atoms with E-state index in [1.54, 1.807) is 13.0 Å². The van der Waals surface area contributed by atoms with Gasteiger partial charge in [0.15, 0.2) is 6.29 Å². The zero-order chi connectivity index (χ0) is 15.7. The molecule has 6 nitrogen and oxygen atoms in total. The summed E-state index contributed by atoms with van der Waals surface area (Å²) >= 11 is 0. The lowest BCUT2D eigenvalue weighted by molar-refractivity contribution is -0.773. The minimum Gasteiger partial charge on any atom is -0.466 e. The van der Waals surface area contributed by atoms with Gasteiger partial charge in [0, 0.05) is 36.8 Å². The number of nitrogens with zero attached hydrogens (tertiary/aromatic N) is 1. The number of methoxy groups -OCH3 is 1. The molecule has 1 aliphatic heterocycles. The Hall–Kier alpha value is -1.56. The number of carbonyl (C=O) groups excluding carboxylic acids is 1. The Labute approximate surface area is 125 Å². The molecule has 2 unspecified atom stereocenters. The minimum absolute atomic E-state index is 0.102. The van der Waals surface area contributed by atoms with Gasteiger partial charge in [-0.2, -0.15) is 0 Å². The van der Waals surface area contributed by atoms with Gasteiger partial charge in [-0.25, -0.2) is 4.79 Å². The number of allylic oxidation sites excluding steroid dienone is 1. The van der Waals surface area contributed by atoms with E-state index < -0.39 is 6.29 Å². The summed E-state index contributed by atoms with van der Waals surface area (Å²) in [6.07, 6.45) is 6.82. The van der Waals surface area contributed by atoms with E-state index in [-0.39, 0.29) is 11.9 Å². The molecule has 0 aliphatic carbocycles. The number of carbonyl (C=O) groups is 1. The van der Waals surface area contributed by atoms with Crippen LogP contribution in [0, 0.1) is 11.1 Å². The fourth-order valence-corrected chi connectivity index (χ4v) is 2.11. The van der Waals surface area contributed by atoms with Crippen molar-refractivity contribution in [2.45, 2.75) is 52.2 Å². The molecule has 0 saturated carbocycles. The van der Waals surface area contributed by atoms with Gasteiger partial charge < -0.3 is 14.3 Å². The highest BCUT2D eigenvalue weighted by Gasteiger charge is 2.30. The molecule has 21 heavy (non-hydrogen) atoms. The lowest BCUT2D eigenvalue weighted by Gasteiger charge is -2.29. The molecule has 0 N–H and O–H groups in total. The molecule has 2 atom stereocenters. The van der Waals surface area contributed by atoms with E-state index in [4.69, 9.17) is 9.57 Å². The van der Waals surface area contributed by atoms with E-state index in [0.29, 0.717) is 30.1 Å². The summed E-state index contributed by atoms with van der Waals surface area (Å²) in [5, 5.41) is 11.7. The molecule has 0 amide bonds. The Balaban J connectivity index is 2.45. The van der Waals surface area contributed by atoms with Crippen LogP contribution >= 0.6 is 0 Å². The van der Waals surface area contributed by atoms with Gasteiger partial charge in [-0.3, -0.25) is 5.21 Å². The highest BCUT2D eigenvalue weighted by atomic mass is 16.9. The van der Waals surface area contributed by atoms with Crippen molar-refractivity contribution in [2.24, 2.45) is 5.92 Å². The van der Waals surface area contributed by atoms with Crippen LogP contribution in [-0.4, -0.2) is 36.6 Å². The minimum atomic E-state index is -0.479. The number of rotatable bonds is 8. The second kappa shape index (κ2) is 9.39. The van der Waals surface area contributed by atoms with E-state index in [0.717, 1.165) is 19.3 Å². The summed E-state index contributed by atoms with van der Waals surface area (Å²) in [6.45, 7) is 4.45. The van der Waals surface area contributed by atoms with Crippen LogP contribution in [-0.2, 0) is 19.1 Å². The Kier molecular flexibility index (Phi) is 7.82. The fourth-order valence-electron chi connectivity index (χ4n) is 2.11. The van der Waals surface area contributed by atoms with Crippen LogP contribution in [0.15, 0.2) is 12.2 Å². The van der Waals surface area contributed by atoms with Crippen molar-refractivity contribution in [3.63, 3.8) is 0 Å². The smallest absolute Gasteiger partial charge is 0.330 e. The van der Waals surface area contributed by atoms with Gasteiger partial charge in [-0.05, 0) is 19.3 Å². The van der Waals surface area contributed by atoms with Crippen LogP contribution in [0.5, 0.6) is 0 Å². The van der Waals surface area contributed by atoms with Gasteiger partial charge in [0.25, 0.3) is 0 Å². The van der Waals surface area contributed by atoms with Crippen molar-refractivity contribution in [1.29, 1.82) is 0 Å². The van der Waals surface area contributed by atoms with Crippen molar-refractivity contribution in [3.8, 4) is 0 Å². The Morgan fingerprint density at radius 1 is 1.57 bits per heavy atom. The molecule has 0 fully saturated rings. The van der Waals surface area contributed by atoms with E-state index in [1.165, 1.54) is 13.2 Å².